The lowest BCUT2D eigenvalue weighted by atomic mass is 10.1. The fraction of sp³-hybridized carbons (Fsp3) is 0.364. The predicted molar refractivity (Wildman–Crippen MR) is 56.3 cm³/mol. The lowest BCUT2D eigenvalue weighted by molar-refractivity contribution is -0.138. The SMILES string of the molecule is CCCC(Nc1ccc(F)c(F)c1F)C(=O)O. The van der Waals surface area contributed by atoms with Crippen molar-refractivity contribution in [3.8, 4) is 0 Å². The summed E-state index contributed by atoms with van der Waals surface area (Å²) >= 11 is 0. The minimum atomic E-state index is -1.62. The fourth-order valence-corrected chi connectivity index (χ4v) is 1.37. The zero-order valence-corrected chi connectivity index (χ0v) is 9.14. The van der Waals surface area contributed by atoms with Crippen molar-refractivity contribution in [3.05, 3.63) is 29.6 Å². The van der Waals surface area contributed by atoms with Crippen LogP contribution >= 0.6 is 0 Å². The smallest absolute Gasteiger partial charge is 0.326 e. The monoisotopic (exact) mass is 247 g/mol. The number of carboxylic acids is 1. The summed E-state index contributed by atoms with van der Waals surface area (Å²) in [5.74, 6) is -5.51. The summed E-state index contributed by atoms with van der Waals surface area (Å²) in [5.41, 5.74) is -0.357. The highest BCUT2D eigenvalue weighted by molar-refractivity contribution is 5.77. The molecular weight excluding hydrogens is 235 g/mol. The first-order chi connectivity index (χ1) is 7.97. The number of anilines is 1. The summed E-state index contributed by atoms with van der Waals surface area (Å²) in [6, 6.07) is 0.685. The van der Waals surface area contributed by atoms with Crippen molar-refractivity contribution in [2.75, 3.05) is 5.32 Å². The quantitative estimate of drug-likeness (QED) is 0.786. The summed E-state index contributed by atoms with van der Waals surface area (Å²) in [4.78, 5) is 10.8. The zero-order chi connectivity index (χ0) is 13.0. The Morgan fingerprint density at radius 2 is 2.00 bits per heavy atom. The van der Waals surface area contributed by atoms with Gasteiger partial charge in [0.15, 0.2) is 17.5 Å². The molecule has 2 N–H and O–H groups in total. The molecule has 1 aromatic carbocycles. The van der Waals surface area contributed by atoms with E-state index >= 15 is 0 Å². The maximum Gasteiger partial charge on any atom is 0.326 e. The Morgan fingerprint density at radius 3 is 2.53 bits per heavy atom. The third-order valence-electron chi connectivity index (χ3n) is 2.24. The molecule has 1 atom stereocenters. The minimum absolute atomic E-state index is 0.258. The number of hydrogen-bond donors (Lipinski definition) is 2. The molecule has 1 aromatic rings. The molecule has 0 aromatic heterocycles. The van der Waals surface area contributed by atoms with Gasteiger partial charge in [0.25, 0.3) is 0 Å². The normalized spacial score (nSPS) is 12.2. The van der Waals surface area contributed by atoms with Crippen molar-refractivity contribution in [2.45, 2.75) is 25.8 Å². The molecule has 94 valence electrons. The van der Waals surface area contributed by atoms with Gasteiger partial charge in [0.2, 0.25) is 0 Å². The number of hydrogen-bond acceptors (Lipinski definition) is 2. The van der Waals surface area contributed by atoms with Gasteiger partial charge >= 0.3 is 5.97 Å². The Kier molecular flexibility index (Phi) is 4.37. The van der Waals surface area contributed by atoms with Crippen LogP contribution in [0.5, 0.6) is 0 Å². The molecule has 0 bridgehead atoms. The molecule has 0 heterocycles. The first-order valence-corrected chi connectivity index (χ1v) is 5.10. The van der Waals surface area contributed by atoms with Gasteiger partial charge in [-0.15, -0.1) is 0 Å². The number of rotatable bonds is 5. The van der Waals surface area contributed by atoms with E-state index in [1.54, 1.807) is 6.92 Å². The van der Waals surface area contributed by atoms with Gasteiger partial charge in [-0.2, -0.15) is 0 Å². The average Bonchev–Trinajstić information content (AvgIpc) is 2.28. The molecule has 0 amide bonds. The molecule has 3 nitrogen and oxygen atoms in total. The van der Waals surface area contributed by atoms with Crippen LogP contribution in [0.25, 0.3) is 0 Å². The van der Waals surface area contributed by atoms with Crippen molar-refractivity contribution in [1.82, 2.24) is 0 Å². The largest absolute Gasteiger partial charge is 0.480 e. The number of carbonyl (C=O) groups is 1. The number of benzene rings is 1. The van der Waals surface area contributed by atoms with Crippen LogP contribution in [-0.2, 0) is 4.79 Å². The van der Waals surface area contributed by atoms with Gasteiger partial charge in [-0.3, -0.25) is 0 Å². The van der Waals surface area contributed by atoms with E-state index in [1.165, 1.54) is 0 Å². The van der Waals surface area contributed by atoms with E-state index in [0.29, 0.717) is 6.42 Å². The molecule has 0 saturated heterocycles. The maximum atomic E-state index is 13.3. The standard InChI is InChI=1S/C11H12F3NO2/c1-2-3-8(11(16)17)15-7-5-4-6(12)9(13)10(7)14/h4-5,8,15H,2-3H2,1H3,(H,16,17). The second kappa shape index (κ2) is 5.56. The highest BCUT2D eigenvalue weighted by Crippen LogP contribution is 2.21. The minimum Gasteiger partial charge on any atom is -0.480 e. The van der Waals surface area contributed by atoms with Gasteiger partial charge in [0.1, 0.15) is 6.04 Å². The Bertz CT molecular complexity index is 423. The molecule has 1 rings (SSSR count). The highest BCUT2D eigenvalue weighted by atomic mass is 19.2. The summed E-state index contributed by atoms with van der Waals surface area (Å²) in [5, 5.41) is 11.2. The Balaban J connectivity index is 2.94. The van der Waals surface area contributed by atoms with Crippen molar-refractivity contribution in [2.24, 2.45) is 0 Å². The molecule has 6 heteroatoms. The molecule has 0 aliphatic carbocycles. The van der Waals surface area contributed by atoms with E-state index in [-0.39, 0.29) is 12.1 Å². The Morgan fingerprint density at radius 1 is 1.35 bits per heavy atom. The average molecular weight is 247 g/mol. The van der Waals surface area contributed by atoms with Gasteiger partial charge in [0.05, 0.1) is 5.69 Å². The first-order valence-electron chi connectivity index (χ1n) is 5.10. The molecule has 0 spiro atoms. The summed E-state index contributed by atoms with van der Waals surface area (Å²) < 4.78 is 38.8. The topological polar surface area (TPSA) is 49.3 Å². The highest BCUT2D eigenvalue weighted by Gasteiger charge is 2.20. The van der Waals surface area contributed by atoms with Crippen LogP contribution in [0.3, 0.4) is 0 Å². The maximum absolute atomic E-state index is 13.3. The molecule has 0 aliphatic heterocycles. The summed E-state index contributed by atoms with van der Waals surface area (Å²) in [6.07, 6.45) is 0.822. The van der Waals surface area contributed by atoms with Gasteiger partial charge in [0, 0.05) is 0 Å². The number of halogens is 3. The van der Waals surface area contributed by atoms with Crippen molar-refractivity contribution < 1.29 is 23.1 Å². The lowest BCUT2D eigenvalue weighted by Gasteiger charge is -2.15. The molecule has 17 heavy (non-hydrogen) atoms. The van der Waals surface area contributed by atoms with Crippen LogP contribution in [-0.4, -0.2) is 17.1 Å². The summed E-state index contributed by atoms with van der Waals surface area (Å²) in [6.45, 7) is 1.76. The zero-order valence-electron chi connectivity index (χ0n) is 9.14. The van der Waals surface area contributed by atoms with Crippen LogP contribution < -0.4 is 5.32 Å². The molecular formula is C11H12F3NO2. The molecule has 0 aliphatic rings. The molecule has 0 fully saturated rings. The fourth-order valence-electron chi connectivity index (χ4n) is 1.37. The van der Waals surface area contributed by atoms with E-state index in [9.17, 15) is 18.0 Å². The van der Waals surface area contributed by atoms with Crippen LogP contribution in [0, 0.1) is 17.5 Å². The summed E-state index contributed by atoms with van der Waals surface area (Å²) in [7, 11) is 0. The van der Waals surface area contributed by atoms with Crippen molar-refractivity contribution in [3.63, 3.8) is 0 Å². The second-order valence-electron chi connectivity index (χ2n) is 3.55. The lowest BCUT2D eigenvalue weighted by Crippen LogP contribution is -2.29. The number of aliphatic carboxylic acids is 1. The molecule has 0 radical (unpaired) electrons. The Labute approximate surface area is 96.3 Å². The third kappa shape index (κ3) is 3.12. The third-order valence-corrected chi connectivity index (χ3v) is 2.24. The van der Waals surface area contributed by atoms with Crippen LogP contribution in [0.15, 0.2) is 12.1 Å². The van der Waals surface area contributed by atoms with Crippen LogP contribution in [0.1, 0.15) is 19.8 Å². The van der Waals surface area contributed by atoms with Gasteiger partial charge in [-0.1, -0.05) is 13.3 Å². The number of nitrogens with one attached hydrogen (secondary N) is 1. The van der Waals surface area contributed by atoms with Crippen LogP contribution in [0.2, 0.25) is 0 Å². The van der Waals surface area contributed by atoms with Crippen LogP contribution in [0.4, 0.5) is 18.9 Å². The van der Waals surface area contributed by atoms with Gasteiger partial charge < -0.3 is 10.4 Å². The van der Waals surface area contributed by atoms with Crippen molar-refractivity contribution in [1.29, 1.82) is 0 Å². The van der Waals surface area contributed by atoms with E-state index in [1.807, 2.05) is 0 Å². The second-order valence-corrected chi connectivity index (χ2v) is 3.55. The van der Waals surface area contributed by atoms with E-state index in [2.05, 4.69) is 5.32 Å². The van der Waals surface area contributed by atoms with E-state index in [0.717, 1.165) is 12.1 Å². The van der Waals surface area contributed by atoms with Gasteiger partial charge in [-0.25, -0.2) is 18.0 Å². The van der Waals surface area contributed by atoms with E-state index < -0.39 is 29.5 Å². The predicted octanol–water partition coefficient (Wildman–Crippen LogP) is 2.77. The van der Waals surface area contributed by atoms with Gasteiger partial charge in [-0.05, 0) is 18.6 Å². The molecule has 0 saturated carbocycles. The first kappa shape index (κ1) is 13.3. The number of carboxylic acid groups (broad SMARTS) is 1. The molecule has 1 unspecified atom stereocenters. The van der Waals surface area contributed by atoms with Crippen molar-refractivity contribution >= 4 is 11.7 Å². The van der Waals surface area contributed by atoms with E-state index in [4.69, 9.17) is 5.11 Å². The Hall–Kier alpha value is -1.72.